The number of benzene rings is 2. The fourth-order valence-corrected chi connectivity index (χ4v) is 2.46. The van der Waals surface area contributed by atoms with Crippen molar-refractivity contribution in [2.75, 3.05) is 0 Å². The molecule has 0 aliphatic rings. The highest BCUT2D eigenvalue weighted by Crippen LogP contribution is 2.31. The molecule has 0 aliphatic heterocycles. The summed E-state index contributed by atoms with van der Waals surface area (Å²) >= 11 is 11.9. The highest BCUT2D eigenvalue weighted by atomic mass is 35.5. The van der Waals surface area contributed by atoms with Crippen LogP contribution in [0.25, 0.3) is 0 Å². The van der Waals surface area contributed by atoms with Crippen LogP contribution in [0.2, 0.25) is 10.0 Å². The van der Waals surface area contributed by atoms with Gasteiger partial charge in [0.15, 0.2) is 5.76 Å². The molecule has 0 bridgehead atoms. The van der Waals surface area contributed by atoms with E-state index >= 15 is 0 Å². The standard InChI is InChI=1S/C16H11Cl2NO4/c17-10-3-6-13(12(18)8-10)22-11-4-1-9(2-5-11)7-14-15(20)19-16(21)23-14/h1-6,8,20H,7H2,(H,19,21). The van der Waals surface area contributed by atoms with Crippen molar-refractivity contribution in [3.8, 4) is 17.4 Å². The third-order valence-electron chi connectivity index (χ3n) is 3.11. The first-order chi connectivity index (χ1) is 11.0. The fourth-order valence-electron chi connectivity index (χ4n) is 2.02. The van der Waals surface area contributed by atoms with Crippen molar-refractivity contribution in [1.82, 2.24) is 4.98 Å². The number of oxazole rings is 1. The van der Waals surface area contributed by atoms with E-state index in [2.05, 4.69) is 4.98 Å². The minimum atomic E-state index is -0.685. The smallest absolute Gasteiger partial charge is 0.419 e. The van der Waals surface area contributed by atoms with E-state index in [1.165, 1.54) is 0 Å². The summed E-state index contributed by atoms with van der Waals surface area (Å²) in [5.41, 5.74) is 0.845. The van der Waals surface area contributed by atoms with Crippen molar-refractivity contribution in [1.29, 1.82) is 0 Å². The van der Waals surface area contributed by atoms with Crippen molar-refractivity contribution in [2.24, 2.45) is 0 Å². The van der Waals surface area contributed by atoms with E-state index in [4.69, 9.17) is 32.4 Å². The maximum Gasteiger partial charge on any atom is 0.419 e. The van der Waals surface area contributed by atoms with Crippen molar-refractivity contribution in [3.63, 3.8) is 0 Å². The van der Waals surface area contributed by atoms with Gasteiger partial charge < -0.3 is 14.3 Å². The van der Waals surface area contributed by atoms with Crippen LogP contribution in [0, 0.1) is 0 Å². The summed E-state index contributed by atoms with van der Waals surface area (Å²) < 4.78 is 10.5. The lowest BCUT2D eigenvalue weighted by atomic mass is 10.1. The highest BCUT2D eigenvalue weighted by molar-refractivity contribution is 6.35. The lowest BCUT2D eigenvalue weighted by Crippen LogP contribution is -1.93. The van der Waals surface area contributed by atoms with Crippen molar-refractivity contribution in [3.05, 3.63) is 74.4 Å². The zero-order valence-electron chi connectivity index (χ0n) is 11.7. The van der Waals surface area contributed by atoms with Gasteiger partial charge in [-0.05, 0) is 35.9 Å². The molecule has 7 heteroatoms. The second kappa shape index (κ2) is 6.40. The second-order valence-corrected chi connectivity index (χ2v) is 5.63. The van der Waals surface area contributed by atoms with Crippen LogP contribution in [-0.2, 0) is 6.42 Å². The van der Waals surface area contributed by atoms with E-state index in [0.717, 1.165) is 5.56 Å². The Morgan fingerprint density at radius 2 is 1.87 bits per heavy atom. The van der Waals surface area contributed by atoms with Crippen LogP contribution < -0.4 is 10.5 Å². The van der Waals surface area contributed by atoms with Gasteiger partial charge in [-0.3, -0.25) is 4.98 Å². The maximum atomic E-state index is 11.0. The zero-order valence-corrected chi connectivity index (χ0v) is 13.2. The van der Waals surface area contributed by atoms with Crippen molar-refractivity contribution in [2.45, 2.75) is 6.42 Å². The molecule has 118 valence electrons. The lowest BCUT2D eigenvalue weighted by Gasteiger charge is -2.08. The number of ether oxygens (including phenoxy) is 1. The van der Waals surface area contributed by atoms with Crippen LogP contribution in [0.4, 0.5) is 0 Å². The van der Waals surface area contributed by atoms with Gasteiger partial charge in [-0.2, -0.15) is 0 Å². The molecule has 5 nitrogen and oxygen atoms in total. The predicted molar refractivity (Wildman–Crippen MR) is 86.8 cm³/mol. The van der Waals surface area contributed by atoms with Gasteiger partial charge in [0, 0.05) is 11.4 Å². The normalized spacial score (nSPS) is 10.7. The zero-order chi connectivity index (χ0) is 16.4. The van der Waals surface area contributed by atoms with Gasteiger partial charge in [0.1, 0.15) is 11.5 Å². The number of aromatic hydroxyl groups is 1. The quantitative estimate of drug-likeness (QED) is 0.731. The van der Waals surface area contributed by atoms with Crippen LogP contribution in [0.5, 0.6) is 17.4 Å². The minimum absolute atomic E-state index is 0.185. The van der Waals surface area contributed by atoms with Crippen LogP contribution in [-0.4, -0.2) is 10.1 Å². The van der Waals surface area contributed by atoms with Crippen molar-refractivity contribution >= 4 is 23.2 Å². The highest BCUT2D eigenvalue weighted by Gasteiger charge is 2.10. The Morgan fingerprint density at radius 3 is 2.48 bits per heavy atom. The third kappa shape index (κ3) is 3.70. The SMILES string of the molecule is O=c1[nH]c(O)c(Cc2ccc(Oc3ccc(Cl)cc3Cl)cc2)o1. The van der Waals surface area contributed by atoms with Crippen LogP contribution >= 0.6 is 23.2 Å². The van der Waals surface area contributed by atoms with Gasteiger partial charge in [0.05, 0.1) is 5.02 Å². The number of aromatic nitrogens is 1. The Labute approximate surface area is 141 Å². The first kappa shape index (κ1) is 15.5. The Morgan fingerprint density at radius 1 is 1.13 bits per heavy atom. The summed E-state index contributed by atoms with van der Waals surface area (Å²) in [6.45, 7) is 0. The number of rotatable bonds is 4. The molecule has 0 atom stereocenters. The molecule has 0 radical (unpaired) electrons. The molecule has 2 N–H and O–H groups in total. The van der Waals surface area contributed by atoms with Gasteiger partial charge in [0.2, 0.25) is 5.88 Å². The average molecular weight is 352 g/mol. The number of halogens is 2. The number of hydrogen-bond donors (Lipinski definition) is 2. The van der Waals surface area contributed by atoms with Gasteiger partial charge in [0.25, 0.3) is 0 Å². The summed E-state index contributed by atoms with van der Waals surface area (Å²) in [7, 11) is 0. The second-order valence-electron chi connectivity index (χ2n) is 4.78. The Balaban J connectivity index is 1.74. The van der Waals surface area contributed by atoms with Crippen LogP contribution in [0.3, 0.4) is 0 Å². The summed E-state index contributed by atoms with van der Waals surface area (Å²) in [6, 6.07) is 12.1. The van der Waals surface area contributed by atoms with E-state index in [1.54, 1.807) is 42.5 Å². The summed E-state index contributed by atoms with van der Waals surface area (Å²) in [5, 5.41) is 10.4. The first-order valence-corrected chi connectivity index (χ1v) is 7.39. The van der Waals surface area contributed by atoms with Gasteiger partial charge >= 0.3 is 5.76 Å². The molecular formula is C16H11Cl2NO4. The molecule has 0 saturated carbocycles. The van der Waals surface area contributed by atoms with Crippen molar-refractivity contribution < 1.29 is 14.3 Å². The molecule has 3 aromatic rings. The Kier molecular flexibility index (Phi) is 4.32. The van der Waals surface area contributed by atoms with Crippen LogP contribution in [0.1, 0.15) is 11.3 Å². The molecule has 3 rings (SSSR count). The topological polar surface area (TPSA) is 75.5 Å². The van der Waals surface area contributed by atoms with E-state index in [0.29, 0.717) is 21.5 Å². The number of H-pyrrole nitrogens is 1. The molecule has 0 aliphatic carbocycles. The fraction of sp³-hybridized carbons (Fsp3) is 0.0625. The number of nitrogens with one attached hydrogen (secondary N) is 1. The number of aromatic amines is 1. The lowest BCUT2D eigenvalue weighted by molar-refractivity contribution is 0.426. The van der Waals surface area contributed by atoms with Crippen LogP contribution in [0.15, 0.2) is 51.7 Å². The Hall–Kier alpha value is -2.37. The number of hydrogen-bond acceptors (Lipinski definition) is 4. The molecule has 23 heavy (non-hydrogen) atoms. The summed E-state index contributed by atoms with van der Waals surface area (Å²) in [5.74, 6) is 0.332. The molecule has 0 fully saturated rings. The first-order valence-electron chi connectivity index (χ1n) is 6.64. The van der Waals surface area contributed by atoms with E-state index < -0.39 is 5.76 Å². The molecular weight excluding hydrogens is 341 g/mol. The van der Waals surface area contributed by atoms with Gasteiger partial charge in [-0.15, -0.1) is 0 Å². The molecule has 0 unspecified atom stereocenters. The predicted octanol–water partition coefficient (Wildman–Crippen LogP) is 4.36. The van der Waals surface area contributed by atoms with E-state index in [1.807, 2.05) is 0 Å². The Bertz CT molecular complexity index is 884. The summed E-state index contributed by atoms with van der Waals surface area (Å²) in [6.07, 6.45) is 0.284. The molecule has 0 saturated heterocycles. The molecule has 2 aromatic carbocycles. The maximum absolute atomic E-state index is 11.0. The largest absolute Gasteiger partial charge is 0.492 e. The average Bonchev–Trinajstić information content (AvgIpc) is 2.82. The minimum Gasteiger partial charge on any atom is -0.492 e. The molecule has 1 heterocycles. The third-order valence-corrected chi connectivity index (χ3v) is 3.64. The van der Waals surface area contributed by atoms with E-state index in [9.17, 15) is 9.90 Å². The van der Waals surface area contributed by atoms with Gasteiger partial charge in [-0.25, -0.2) is 4.79 Å². The van der Waals surface area contributed by atoms with E-state index in [-0.39, 0.29) is 18.1 Å². The molecule has 1 aromatic heterocycles. The molecule has 0 spiro atoms. The molecule has 0 amide bonds. The summed E-state index contributed by atoms with van der Waals surface area (Å²) in [4.78, 5) is 13.2. The monoisotopic (exact) mass is 351 g/mol. The van der Waals surface area contributed by atoms with Gasteiger partial charge in [-0.1, -0.05) is 35.3 Å².